The highest BCUT2D eigenvalue weighted by Gasteiger charge is 2.29. The van der Waals surface area contributed by atoms with E-state index in [9.17, 15) is 4.39 Å². The highest BCUT2D eigenvalue weighted by atomic mass is 19.1. The molecule has 0 amide bonds. The van der Waals surface area contributed by atoms with Gasteiger partial charge in [0.15, 0.2) is 0 Å². The Kier molecular flexibility index (Phi) is 4.17. The Bertz CT molecular complexity index is 425. The molecule has 0 saturated heterocycles. The molecule has 0 unspecified atom stereocenters. The van der Waals surface area contributed by atoms with E-state index in [1.54, 1.807) is 6.07 Å². The van der Waals surface area contributed by atoms with Crippen LogP contribution in [0.4, 0.5) is 10.1 Å². The van der Waals surface area contributed by atoms with Gasteiger partial charge in [-0.1, -0.05) is 20.8 Å². The van der Waals surface area contributed by atoms with Crippen molar-refractivity contribution in [1.29, 1.82) is 0 Å². The third-order valence-corrected chi connectivity index (χ3v) is 4.48. The molecule has 2 heteroatoms. The zero-order valence-corrected chi connectivity index (χ0v) is 12.6. The summed E-state index contributed by atoms with van der Waals surface area (Å²) in [6.45, 7) is 8.84. The van der Waals surface area contributed by atoms with Gasteiger partial charge in [0.25, 0.3) is 0 Å². The largest absolute Gasteiger partial charge is 0.382 e. The molecule has 1 nitrogen and oxygen atoms in total. The number of rotatable bonds is 2. The Morgan fingerprint density at radius 2 is 1.74 bits per heavy atom. The molecule has 0 radical (unpaired) electrons. The predicted molar refractivity (Wildman–Crippen MR) is 80.0 cm³/mol. The number of hydrogen-bond acceptors (Lipinski definition) is 1. The molecule has 19 heavy (non-hydrogen) atoms. The standard InChI is InChI=1S/C17H26FN/c1-12-11-15(9-10-16(12)18)19-14-7-5-13(6-8-14)17(2,3)4/h9-11,13-14,19H,5-8H2,1-4H3. The minimum atomic E-state index is -0.123. The summed E-state index contributed by atoms with van der Waals surface area (Å²) in [7, 11) is 0. The molecule has 2 rings (SSSR count). The SMILES string of the molecule is Cc1cc(NC2CCC(C(C)(C)C)CC2)ccc1F. The molecule has 0 aromatic heterocycles. The van der Waals surface area contributed by atoms with Gasteiger partial charge in [-0.05, 0) is 67.7 Å². The molecule has 0 spiro atoms. The van der Waals surface area contributed by atoms with E-state index in [2.05, 4.69) is 26.1 Å². The molecular weight excluding hydrogens is 237 g/mol. The van der Waals surface area contributed by atoms with Crippen molar-refractivity contribution in [1.82, 2.24) is 0 Å². The first kappa shape index (κ1) is 14.4. The molecule has 1 N–H and O–H groups in total. The summed E-state index contributed by atoms with van der Waals surface area (Å²) in [6.07, 6.45) is 5.03. The van der Waals surface area contributed by atoms with Crippen LogP contribution in [-0.4, -0.2) is 6.04 Å². The summed E-state index contributed by atoms with van der Waals surface area (Å²) in [5, 5.41) is 3.55. The van der Waals surface area contributed by atoms with Gasteiger partial charge in [-0.2, -0.15) is 0 Å². The quantitative estimate of drug-likeness (QED) is 0.778. The Morgan fingerprint density at radius 3 is 2.26 bits per heavy atom. The number of anilines is 1. The minimum Gasteiger partial charge on any atom is -0.382 e. The van der Waals surface area contributed by atoms with Crippen molar-refractivity contribution < 1.29 is 4.39 Å². The first-order valence-electron chi connectivity index (χ1n) is 7.39. The second kappa shape index (κ2) is 5.52. The maximum atomic E-state index is 13.2. The van der Waals surface area contributed by atoms with E-state index >= 15 is 0 Å². The van der Waals surface area contributed by atoms with E-state index in [1.807, 2.05) is 19.1 Å². The van der Waals surface area contributed by atoms with E-state index in [0.717, 1.165) is 11.6 Å². The van der Waals surface area contributed by atoms with E-state index in [-0.39, 0.29) is 5.82 Å². The van der Waals surface area contributed by atoms with Crippen molar-refractivity contribution in [2.75, 3.05) is 5.32 Å². The van der Waals surface area contributed by atoms with Gasteiger partial charge in [-0.15, -0.1) is 0 Å². The molecule has 0 atom stereocenters. The van der Waals surface area contributed by atoms with Crippen molar-refractivity contribution in [3.05, 3.63) is 29.6 Å². The topological polar surface area (TPSA) is 12.0 Å². The average Bonchev–Trinajstić information content (AvgIpc) is 2.33. The van der Waals surface area contributed by atoms with Crippen LogP contribution in [0.15, 0.2) is 18.2 Å². The molecule has 1 fully saturated rings. The Labute approximate surface area is 116 Å². The second-order valence-electron chi connectivity index (χ2n) is 7.02. The lowest BCUT2D eigenvalue weighted by Crippen LogP contribution is -2.31. The predicted octanol–water partition coefficient (Wildman–Crippen LogP) is 5.15. The first-order valence-corrected chi connectivity index (χ1v) is 7.39. The van der Waals surface area contributed by atoms with Crippen molar-refractivity contribution >= 4 is 5.69 Å². The lowest BCUT2D eigenvalue weighted by molar-refractivity contribution is 0.173. The number of hydrogen-bond donors (Lipinski definition) is 1. The van der Waals surface area contributed by atoms with Crippen LogP contribution in [0, 0.1) is 24.1 Å². The fourth-order valence-corrected chi connectivity index (χ4v) is 3.07. The summed E-state index contributed by atoms with van der Waals surface area (Å²) < 4.78 is 13.2. The van der Waals surface area contributed by atoms with Crippen LogP contribution < -0.4 is 5.32 Å². The van der Waals surface area contributed by atoms with Crippen LogP contribution in [0.3, 0.4) is 0 Å². The van der Waals surface area contributed by atoms with Crippen molar-refractivity contribution in [3.63, 3.8) is 0 Å². The molecule has 0 aliphatic heterocycles. The smallest absolute Gasteiger partial charge is 0.126 e. The number of halogens is 1. The van der Waals surface area contributed by atoms with Crippen LogP contribution in [-0.2, 0) is 0 Å². The summed E-state index contributed by atoms with van der Waals surface area (Å²) in [5.74, 6) is 0.711. The highest BCUT2D eigenvalue weighted by Crippen LogP contribution is 2.38. The number of nitrogens with one attached hydrogen (secondary N) is 1. The van der Waals surface area contributed by atoms with E-state index < -0.39 is 0 Å². The zero-order chi connectivity index (χ0) is 14.0. The highest BCUT2D eigenvalue weighted by molar-refractivity contribution is 5.46. The van der Waals surface area contributed by atoms with Crippen molar-refractivity contribution in [2.24, 2.45) is 11.3 Å². The maximum absolute atomic E-state index is 13.2. The Morgan fingerprint density at radius 1 is 1.11 bits per heavy atom. The van der Waals surface area contributed by atoms with E-state index in [4.69, 9.17) is 0 Å². The van der Waals surface area contributed by atoms with Crippen molar-refractivity contribution in [2.45, 2.75) is 59.4 Å². The van der Waals surface area contributed by atoms with E-state index in [1.165, 1.54) is 25.7 Å². The lowest BCUT2D eigenvalue weighted by Gasteiger charge is -2.37. The first-order chi connectivity index (χ1) is 8.86. The van der Waals surface area contributed by atoms with Gasteiger partial charge < -0.3 is 5.32 Å². The van der Waals surface area contributed by atoms with Gasteiger partial charge in [0.2, 0.25) is 0 Å². The average molecular weight is 263 g/mol. The zero-order valence-electron chi connectivity index (χ0n) is 12.6. The molecule has 1 aliphatic rings. The van der Waals surface area contributed by atoms with Crippen LogP contribution in [0.2, 0.25) is 0 Å². The van der Waals surface area contributed by atoms with Gasteiger partial charge >= 0.3 is 0 Å². The van der Waals surface area contributed by atoms with Gasteiger partial charge in [-0.3, -0.25) is 0 Å². The van der Waals surface area contributed by atoms with Crippen LogP contribution in [0.5, 0.6) is 0 Å². The van der Waals surface area contributed by atoms with Crippen LogP contribution in [0.25, 0.3) is 0 Å². The van der Waals surface area contributed by atoms with Crippen LogP contribution in [0.1, 0.15) is 52.0 Å². The molecular formula is C17H26FN. The fraction of sp³-hybridized carbons (Fsp3) is 0.647. The normalized spacial score (nSPS) is 24.3. The van der Waals surface area contributed by atoms with Crippen LogP contribution >= 0.6 is 0 Å². The molecule has 1 aliphatic carbocycles. The number of aryl methyl sites for hydroxylation is 1. The Balaban J connectivity index is 1.90. The van der Waals surface area contributed by atoms with Gasteiger partial charge in [0, 0.05) is 11.7 Å². The summed E-state index contributed by atoms with van der Waals surface area (Å²) >= 11 is 0. The van der Waals surface area contributed by atoms with Gasteiger partial charge in [0.1, 0.15) is 5.82 Å². The monoisotopic (exact) mass is 263 g/mol. The van der Waals surface area contributed by atoms with Crippen molar-refractivity contribution in [3.8, 4) is 0 Å². The maximum Gasteiger partial charge on any atom is 0.126 e. The summed E-state index contributed by atoms with van der Waals surface area (Å²) in [4.78, 5) is 0. The third-order valence-electron chi connectivity index (χ3n) is 4.48. The van der Waals surface area contributed by atoms with Gasteiger partial charge in [-0.25, -0.2) is 4.39 Å². The van der Waals surface area contributed by atoms with Gasteiger partial charge in [0.05, 0.1) is 0 Å². The molecule has 0 heterocycles. The summed E-state index contributed by atoms with van der Waals surface area (Å²) in [6, 6.07) is 5.85. The second-order valence-corrected chi connectivity index (χ2v) is 7.02. The molecule has 0 bridgehead atoms. The van der Waals surface area contributed by atoms with E-state index in [0.29, 0.717) is 17.0 Å². The minimum absolute atomic E-state index is 0.123. The Hall–Kier alpha value is -1.05. The molecule has 106 valence electrons. The molecule has 1 saturated carbocycles. The fourth-order valence-electron chi connectivity index (χ4n) is 3.07. The molecule has 1 aromatic rings. The number of benzene rings is 1. The summed E-state index contributed by atoms with van der Waals surface area (Å²) in [5.41, 5.74) is 2.20. The molecule has 1 aromatic carbocycles. The lowest BCUT2D eigenvalue weighted by atomic mass is 9.71. The third kappa shape index (κ3) is 3.71.